The van der Waals surface area contributed by atoms with E-state index in [0.29, 0.717) is 31.8 Å². The zero-order valence-corrected chi connectivity index (χ0v) is 14.8. The second kappa shape index (κ2) is 6.07. The highest BCUT2D eigenvalue weighted by atomic mass is 19.3. The van der Waals surface area contributed by atoms with Crippen LogP contribution in [0, 0.1) is 18.8 Å². The number of benzene rings is 1. The van der Waals surface area contributed by atoms with E-state index in [1.54, 1.807) is 17.8 Å². The number of carbonyl (C=O) groups excluding carboxylic acids is 1. The quantitative estimate of drug-likeness (QED) is 0.768. The van der Waals surface area contributed by atoms with Gasteiger partial charge in [0.2, 0.25) is 0 Å². The monoisotopic (exact) mass is 361 g/mol. The number of aromatic nitrogens is 2. The Bertz CT molecular complexity index is 835. The Balaban J connectivity index is 1.43. The first-order valence-corrected chi connectivity index (χ1v) is 8.82. The summed E-state index contributed by atoms with van der Waals surface area (Å²) in [5, 5.41) is 4.21. The smallest absolute Gasteiger partial charge is 0.341 e. The molecule has 1 saturated heterocycles. The molecule has 2 unspecified atom stereocenters. The minimum absolute atomic E-state index is 0.328. The number of fused-ring (bicyclic) bond motifs is 1. The SMILES string of the molecule is CCOC(=O)c1cnn(Cc2ccc(N3CC4C(C3)C4(F)F)cc2C)c1. The Hall–Kier alpha value is -2.44. The van der Waals surface area contributed by atoms with Crippen LogP contribution in [0.4, 0.5) is 14.5 Å². The predicted molar refractivity (Wildman–Crippen MR) is 92.6 cm³/mol. The van der Waals surface area contributed by atoms with E-state index >= 15 is 0 Å². The largest absolute Gasteiger partial charge is 0.462 e. The van der Waals surface area contributed by atoms with Crippen molar-refractivity contribution in [2.75, 3.05) is 24.6 Å². The van der Waals surface area contributed by atoms with Gasteiger partial charge >= 0.3 is 5.97 Å². The Morgan fingerprint density at radius 2 is 2.08 bits per heavy atom. The van der Waals surface area contributed by atoms with Gasteiger partial charge in [-0.15, -0.1) is 0 Å². The molecule has 5 nitrogen and oxygen atoms in total. The number of carbonyl (C=O) groups is 1. The fourth-order valence-corrected chi connectivity index (χ4v) is 3.72. The summed E-state index contributed by atoms with van der Waals surface area (Å²) in [5.41, 5.74) is 3.56. The van der Waals surface area contributed by atoms with Crippen molar-refractivity contribution >= 4 is 11.7 Å². The van der Waals surface area contributed by atoms with Crippen LogP contribution < -0.4 is 4.90 Å². The summed E-state index contributed by atoms with van der Waals surface area (Å²) < 4.78 is 33.4. The predicted octanol–water partition coefficient (Wildman–Crippen LogP) is 3.12. The summed E-state index contributed by atoms with van der Waals surface area (Å²) in [5.74, 6) is -3.79. The van der Waals surface area contributed by atoms with Gasteiger partial charge in [-0.25, -0.2) is 13.6 Å². The van der Waals surface area contributed by atoms with Crippen molar-refractivity contribution in [3.8, 4) is 0 Å². The van der Waals surface area contributed by atoms with Crippen molar-refractivity contribution in [3.63, 3.8) is 0 Å². The molecule has 2 aromatic rings. The number of nitrogens with zero attached hydrogens (tertiary/aromatic N) is 3. The van der Waals surface area contributed by atoms with E-state index in [2.05, 4.69) is 5.10 Å². The first-order valence-electron chi connectivity index (χ1n) is 8.82. The molecule has 4 rings (SSSR count). The maximum absolute atomic E-state index is 13.4. The number of piperidine rings is 1. The number of ether oxygens (including phenoxy) is 1. The van der Waals surface area contributed by atoms with E-state index in [-0.39, 0.29) is 5.97 Å². The van der Waals surface area contributed by atoms with Crippen LogP contribution in [0.15, 0.2) is 30.6 Å². The number of hydrogen-bond acceptors (Lipinski definition) is 4. The number of halogens is 2. The molecular weight excluding hydrogens is 340 g/mol. The average Bonchev–Trinajstić information content (AvgIpc) is 3.05. The second-order valence-electron chi connectivity index (χ2n) is 7.05. The summed E-state index contributed by atoms with van der Waals surface area (Å²) in [6.45, 7) is 5.48. The van der Waals surface area contributed by atoms with E-state index in [1.807, 2.05) is 30.0 Å². The summed E-state index contributed by atoms with van der Waals surface area (Å²) in [4.78, 5) is 13.7. The number of aryl methyl sites for hydroxylation is 1. The van der Waals surface area contributed by atoms with Gasteiger partial charge in [-0.2, -0.15) is 5.10 Å². The van der Waals surface area contributed by atoms with Crippen molar-refractivity contribution in [2.24, 2.45) is 11.8 Å². The molecule has 26 heavy (non-hydrogen) atoms. The maximum Gasteiger partial charge on any atom is 0.341 e. The standard InChI is InChI=1S/C19H21F2N3O2/c1-3-26-18(25)14-7-22-24(9-14)8-13-4-5-15(6-12(13)2)23-10-16-17(11-23)19(16,20)21/h4-7,9,16-17H,3,8,10-11H2,1-2H3. The third-order valence-electron chi connectivity index (χ3n) is 5.37. The van der Waals surface area contributed by atoms with Crippen LogP contribution in [-0.2, 0) is 11.3 Å². The number of alkyl halides is 2. The Labute approximate surface area is 150 Å². The molecule has 2 aliphatic rings. The van der Waals surface area contributed by atoms with Gasteiger partial charge in [0, 0.05) is 25.0 Å². The van der Waals surface area contributed by atoms with E-state index in [4.69, 9.17) is 4.74 Å². The van der Waals surface area contributed by atoms with Crippen LogP contribution in [0.25, 0.3) is 0 Å². The Morgan fingerprint density at radius 1 is 1.35 bits per heavy atom. The van der Waals surface area contributed by atoms with Gasteiger partial charge in [-0.1, -0.05) is 6.07 Å². The summed E-state index contributed by atoms with van der Waals surface area (Å²) in [6.07, 6.45) is 3.17. The fourth-order valence-electron chi connectivity index (χ4n) is 3.72. The molecule has 2 atom stereocenters. The first-order chi connectivity index (χ1) is 12.4. The number of hydrogen-bond donors (Lipinski definition) is 0. The lowest BCUT2D eigenvalue weighted by molar-refractivity contribution is 0.0526. The van der Waals surface area contributed by atoms with E-state index in [1.165, 1.54) is 6.20 Å². The van der Waals surface area contributed by atoms with Crippen molar-refractivity contribution in [3.05, 3.63) is 47.3 Å². The topological polar surface area (TPSA) is 47.4 Å². The van der Waals surface area contributed by atoms with Crippen LogP contribution in [0.3, 0.4) is 0 Å². The molecule has 2 fully saturated rings. The highest BCUT2D eigenvalue weighted by Crippen LogP contribution is 2.59. The molecule has 0 amide bonds. The van der Waals surface area contributed by atoms with E-state index in [9.17, 15) is 13.6 Å². The van der Waals surface area contributed by atoms with Gasteiger partial charge in [0.25, 0.3) is 5.92 Å². The highest BCUT2D eigenvalue weighted by Gasteiger charge is 2.71. The molecule has 0 radical (unpaired) electrons. The third kappa shape index (κ3) is 2.85. The molecule has 1 aliphatic heterocycles. The molecular formula is C19H21F2N3O2. The normalized spacial score (nSPS) is 23.0. The molecule has 0 bridgehead atoms. The summed E-state index contributed by atoms with van der Waals surface area (Å²) in [6, 6.07) is 6.01. The molecule has 0 N–H and O–H groups in total. The van der Waals surface area contributed by atoms with Gasteiger partial charge in [0.1, 0.15) is 0 Å². The lowest BCUT2D eigenvalue weighted by Gasteiger charge is -2.23. The van der Waals surface area contributed by atoms with Crippen LogP contribution in [0.1, 0.15) is 28.4 Å². The lowest BCUT2D eigenvalue weighted by atomic mass is 10.1. The van der Waals surface area contributed by atoms with Crippen LogP contribution in [-0.4, -0.2) is 41.4 Å². The lowest BCUT2D eigenvalue weighted by Crippen LogP contribution is -2.27. The van der Waals surface area contributed by atoms with E-state index < -0.39 is 17.8 Å². The van der Waals surface area contributed by atoms with E-state index in [0.717, 1.165) is 16.8 Å². The molecule has 138 valence electrons. The number of rotatable bonds is 5. The molecule has 2 heterocycles. The van der Waals surface area contributed by atoms with Crippen LogP contribution >= 0.6 is 0 Å². The Kier molecular flexibility index (Phi) is 3.97. The molecule has 0 spiro atoms. The van der Waals surface area contributed by atoms with Crippen molar-refractivity contribution in [1.82, 2.24) is 9.78 Å². The maximum atomic E-state index is 13.4. The zero-order chi connectivity index (χ0) is 18.5. The van der Waals surface area contributed by atoms with Gasteiger partial charge in [-0.05, 0) is 37.1 Å². The molecule has 1 aromatic carbocycles. The fraction of sp³-hybridized carbons (Fsp3) is 0.474. The number of anilines is 1. The van der Waals surface area contributed by atoms with Crippen molar-refractivity contribution < 1.29 is 18.3 Å². The molecule has 7 heteroatoms. The average molecular weight is 361 g/mol. The minimum Gasteiger partial charge on any atom is -0.462 e. The zero-order valence-electron chi connectivity index (χ0n) is 14.8. The highest BCUT2D eigenvalue weighted by molar-refractivity contribution is 5.88. The third-order valence-corrected chi connectivity index (χ3v) is 5.37. The molecule has 1 aromatic heterocycles. The summed E-state index contributed by atoms with van der Waals surface area (Å²) >= 11 is 0. The number of esters is 1. The van der Waals surface area contributed by atoms with Gasteiger partial charge in [0.05, 0.1) is 36.7 Å². The second-order valence-corrected chi connectivity index (χ2v) is 7.05. The van der Waals surface area contributed by atoms with Crippen molar-refractivity contribution in [1.29, 1.82) is 0 Å². The minimum atomic E-state index is -2.46. The Morgan fingerprint density at radius 3 is 2.73 bits per heavy atom. The van der Waals surface area contributed by atoms with Crippen LogP contribution in [0.5, 0.6) is 0 Å². The molecule has 1 saturated carbocycles. The molecule has 1 aliphatic carbocycles. The first kappa shape index (κ1) is 17.0. The van der Waals surface area contributed by atoms with Gasteiger partial charge in [0.15, 0.2) is 0 Å². The van der Waals surface area contributed by atoms with Crippen LogP contribution in [0.2, 0.25) is 0 Å². The van der Waals surface area contributed by atoms with Gasteiger partial charge < -0.3 is 9.64 Å². The van der Waals surface area contributed by atoms with Gasteiger partial charge in [-0.3, -0.25) is 4.68 Å². The van der Waals surface area contributed by atoms with Crippen molar-refractivity contribution in [2.45, 2.75) is 26.3 Å². The summed E-state index contributed by atoms with van der Waals surface area (Å²) in [7, 11) is 0.